The van der Waals surface area contributed by atoms with E-state index < -0.39 is 0 Å². The lowest BCUT2D eigenvalue weighted by Crippen LogP contribution is -2.01. The minimum atomic E-state index is 0.699. The summed E-state index contributed by atoms with van der Waals surface area (Å²) in [4.78, 5) is 0. The molecule has 2 aromatic heterocycles. The SMILES string of the molecule is Cn1ccc(Cn2cc(-c3cccc(I)c3)cn2)n1. The first-order valence-corrected chi connectivity index (χ1v) is 7.05. The van der Waals surface area contributed by atoms with Crippen LogP contribution in [0.15, 0.2) is 48.9 Å². The van der Waals surface area contributed by atoms with Gasteiger partial charge in [-0.3, -0.25) is 9.36 Å². The molecule has 0 spiro atoms. The number of halogens is 1. The molecular formula is C14H13IN4. The summed E-state index contributed by atoms with van der Waals surface area (Å²) in [5, 5.41) is 8.75. The monoisotopic (exact) mass is 364 g/mol. The molecule has 1 aromatic carbocycles. The fourth-order valence-electron chi connectivity index (χ4n) is 1.98. The van der Waals surface area contributed by atoms with Crippen molar-refractivity contribution in [1.29, 1.82) is 0 Å². The van der Waals surface area contributed by atoms with Gasteiger partial charge in [-0.25, -0.2) is 0 Å². The second kappa shape index (κ2) is 5.16. The molecule has 0 amide bonds. The highest BCUT2D eigenvalue weighted by molar-refractivity contribution is 14.1. The Morgan fingerprint density at radius 3 is 2.84 bits per heavy atom. The van der Waals surface area contributed by atoms with Crippen molar-refractivity contribution in [3.05, 3.63) is 58.2 Å². The number of benzene rings is 1. The molecule has 0 aliphatic heterocycles. The van der Waals surface area contributed by atoms with E-state index in [1.165, 1.54) is 9.13 Å². The zero-order valence-corrected chi connectivity index (χ0v) is 12.7. The summed E-state index contributed by atoms with van der Waals surface area (Å²) in [6, 6.07) is 10.4. The fourth-order valence-corrected chi connectivity index (χ4v) is 2.52. The van der Waals surface area contributed by atoms with Crippen molar-refractivity contribution >= 4 is 22.6 Å². The van der Waals surface area contributed by atoms with Gasteiger partial charge in [-0.2, -0.15) is 10.2 Å². The van der Waals surface area contributed by atoms with Gasteiger partial charge in [0.1, 0.15) is 0 Å². The highest BCUT2D eigenvalue weighted by atomic mass is 127. The maximum atomic E-state index is 4.39. The van der Waals surface area contributed by atoms with E-state index in [0.29, 0.717) is 6.54 Å². The lowest BCUT2D eigenvalue weighted by atomic mass is 10.1. The van der Waals surface area contributed by atoms with Crippen molar-refractivity contribution in [3.8, 4) is 11.1 Å². The van der Waals surface area contributed by atoms with Crippen LogP contribution >= 0.6 is 22.6 Å². The van der Waals surface area contributed by atoms with Crippen LogP contribution in [0.2, 0.25) is 0 Å². The van der Waals surface area contributed by atoms with Crippen LogP contribution in [0.1, 0.15) is 5.69 Å². The second-order valence-electron chi connectivity index (χ2n) is 4.42. The van der Waals surface area contributed by atoms with Crippen LogP contribution in [0.25, 0.3) is 11.1 Å². The lowest BCUT2D eigenvalue weighted by Gasteiger charge is -1.98. The summed E-state index contributed by atoms with van der Waals surface area (Å²) in [5.74, 6) is 0. The lowest BCUT2D eigenvalue weighted by molar-refractivity contribution is 0.650. The molecule has 4 nitrogen and oxygen atoms in total. The van der Waals surface area contributed by atoms with Crippen LogP contribution in [0, 0.1) is 3.57 Å². The van der Waals surface area contributed by atoms with Crippen molar-refractivity contribution in [3.63, 3.8) is 0 Å². The Labute approximate surface area is 125 Å². The van der Waals surface area contributed by atoms with Crippen molar-refractivity contribution in [1.82, 2.24) is 19.6 Å². The molecule has 0 unspecified atom stereocenters. The Morgan fingerprint density at radius 2 is 2.11 bits per heavy atom. The van der Waals surface area contributed by atoms with Gasteiger partial charge in [-0.15, -0.1) is 0 Å². The molecule has 3 aromatic rings. The van der Waals surface area contributed by atoms with Crippen molar-refractivity contribution in [2.45, 2.75) is 6.54 Å². The average molecular weight is 364 g/mol. The highest BCUT2D eigenvalue weighted by Crippen LogP contribution is 2.20. The molecule has 0 fully saturated rings. The number of hydrogen-bond acceptors (Lipinski definition) is 2. The fraction of sp³-hybridized carbons (Fsp3) is 0.143. The van der Waals surface area contributed by atoms with Gasteiger partial charge in [0.05, 0.1) is 18.4 Å². The highest BCUT2D eigenvalue weighted by Gasteiger charge is 2.04. The van der Waals surface area contributed by atoms with Crippen LogP contribution in [0.5, 0.6) is 0 Å². The molecule has 0 radical (unpaired) electrons. The molecule has 3 rings (SSSR count). The third kappa shape index (κ3) is 2.86. The molecule has 5 heteroatoms. The first kappa shape index (κ1) is 12.4. The van der Waals surface area contributed by atoms with Crippen LogP contribution in [0.4, 0.5) is 0 Å². The van der Waals surface area contributed by atoms with Crippen LogP contribution in [-0.2, 0) is 13.6 Å². The van der Waals surface area contributed by atoms with E-state index in [9.17, 15) is 0 Å². The predicted molar refractivity (Wildman–Crippen MR) is 82.7 cm³/mol. The van der Waals surface area contributed by atoms with E-state index in [1.807, 2.05) is 30.2 Å². The van der Waals surface area contributed by atoms with Crippen LogP contribution < -0.4 is 0 Å². The van der Waals surface area contributed by atoms with Gasteiger partial charge >= 0.3 is 0 Å². The zero-order chi connectivity index (χ0) is 13.2. The molecule has 0 aliphatic rings. The summed E-state index contributed by atoms with van der Waals surface area (Å²) in [6.07, 6.45) is 5.90. The topological polar surface area (TPSA) is 35.6 Å². The maximum absolute atomic E-state index is 4.39. The van der Waals surface area contributed by atoms with E-state index in [0.717, 1.165) is 11.3 Å². The van der Waals surface area contributed by atoms with Crippen molar-refractivity contribution < 1.29 is 0 Å². The molecule has 19 heavy (non-hydrogen) atoms. The predicted octanol–water partition coefficient (Wildman–Crippen LogP) is 2.94. The minimum Gasteiger partial charge on any atom is -0.275 e. The number of aromatic nitrogens is 4. The summed E-state index contributed by atoms with van der Waals surface area (Å²) < 4.78 is 4.95. The van der Waals surface area contributed by atoms with Crippen molar-refractivity contribution in [2.24, 2.45) is 7.05 Å². The van der Waals surface area contributed by atoms with E-state index in [1.54, 1.807) is 4.68 Å². The van der Waals surface area contributed by atoms with Gasteiger partial charge in [0, 0.05) is 28.6 Å². The number of aryl methyl sites for hydroxylation is 1. The number of nitrogens with zero attached hydrogens (tertiary/aromatic N) is 4. The molecule has 2 heterocycles. The Hall–Kier alpha value is -1.63. The van der Waals surface area contributed by atoms with E-state index in [4.69, 9.17) is 0 Å². The summed E-state index contributed by atoms with van der Waals surface area (Å²) in [7, 11) is 1.92. The number of hydrogen-bond donors (Lipinski definition) is 0. The Kier molecular flexibility index (Phi) is 3.37. The van der Waals surface area contributed by atoms with Gasteiger partial charge in [-0.1, -0.05) is 12.1 Å². The van der Waals surface area contributed by atoms with Crippen LogP contribution in [-0.4, -0.2) is 19.6 Å². The second-order valence-corrected chi connectivity index (χ2v) is 5.66. The van der Waals surface area contributed by atoms with E-state index in [-0.39, 0.29) is 0 Å². The summed E-state index contributed by atoms with van der Waals surface area (Å²) in [6.45, 7) is 0.699. The van der Waals surface area contributed by atoms with Gasteiger partial charge in [0.25, 0.3) is 0 Å². The van der Waals surface area contributed by atoms with Crippen LogP contribution in [0.3, 0.4) is 0 Å². The smallest absolute Gasteiger partial charge is 0.0850 e. The van der Waals surface area contributed by atoms with Crippen molar-refractivity contribution in [2.75, 3.05) is 0 Å². The average Bonchev–Trinajstić information content (AvgIpc) is 2.99. The van der Waals surface area contributed by atoms with E-state index >= 15 is 0 Å². The Morgan fingerprint density at radius 1 is 1.21 bits per heavy atom. The normalized spacial score (nSPS) is 10.8. The standard InChI is InChI=1S/C14H13IN4/c1-18-6-5-14(17-18)10-19-9-12(8-16-19)11-3-2-4-13(15)7-11/h2-9H,10H2,1H3. The van der Waals surface area contributed by atoms with Gasteiger partial charge in [0.2, 0.25) is 0 Å². The quantitative estimate of drug-likeness (QED) is 0.670. The minimum absolute atomic E-state index is 0.699. The zero-order valence-electron chi connectivity index (χ0n) is 10.5. The Bertz CT molecular complexity index is 699. The molecule has 0 bridgehead atoms. The van der Waals surface area contributed by atoms with Gasteiger partial charge in [-0.05, 0) is 46.4 Å². The third-order valence-corrected chi connectivity index (χ3v) is 3.56. The molecule has 0 saturated carbocycles. The summed E-state index contributed by atoms with van der Waals surface area (Å²) >= 11 is 2.32. The maximum Gasteiger partial charge on any atom is 0.0850 e. The molecule has 0 saturated heterocycles. The molecule has 96 valence electrons. The molecular weight excluding hydrogens is 351 g/mol. The molecule has 0 atom stereocenters. The number of rotatable bonds is 3. The first-order valence-electron chi connectivity index (χ1n) is 5.97. The largest absolute Gasteiger partial charge is 0.275 e. The molecule has 0 N–H and O–H groups in total. The van der Waals surface area contributed by atoms with E-state index in [2.05, 4.69) is 63.3 Å². The third-order valence-electron chi connectivity index (χ3n) is 2.88. The van der Waals surface area contributed by atoms with Gasteiger partial charge < -0.3 is 0 Å². The first-order chi connectivity index (χ1) is 9.20. The summed E-state index contributed by atoms with van der Waals surface area (Å²) in [5.41, 5.74) is 3.34. The van der Waals surface area contributed by atoms with Gasteiger partial charge in [0.15, 0.2) is 0 Å². The molecule has 0 aliphatic carbocycles. The Balaban J connectivity index is 1.83.